The molecule has 0 spiro atoms. The van der Waals surface area contributed by atoms with Crippen LogP contribution in [0.1, 0.15) is 11.1 Å². The predicted octanol–water partition coefficient (Wildman–Crippen LogP) is 4.60. The second kappa shape index (κ2) is 8.84. The van der Waals surface area contributed by atoms with Crippen molar-refractivity contribution in [1.82, 2.24) is 9.88 Å². The lowest BCUT2D eigenvalue weighted by atomic mass is 10.1. The number of amidine groups is 1. The van der Waals surface area contributed by atoms with E-state index in [2.05, 4.69) is 9.98 Å². The van der Waals surface area contributed by atoms with Gasteiger partial charge in [0.1, 0.15) is 0 Å². The molecule has 150 valence electrons. The summed E-state index contributed by atoms with van der Waals surface area (Å²) in [7, 11) is 1.49. The maximum Gasteiger partial charge on any atom is 0.267 e. The van der Waals surface area contributed by atoms with Gasteiger partial charge in [0.15, 0.2) is 16.7 Å². The molecule has 1 aliphatic rings. The molecular weight excluding hydrogens is 398 g/mol. The van der Waals surface area contributed by atoms with Crippen molar-refractivity contribution in [2.45, 2.75) is 6.54 Å². The number of hydrogen-bond donors (Lipinski definition) is 1. The van der Waals surface area contributed by atoms with E-state index < -0.39 is 0 Å². The van der Waals surface area contributed by atoms with E-state index in [1.807, 2.05) is 42.5 Å². The number of phenolic OH excluding ortho intramolecular Hbond substituents is 1. The minimum absolute atomic E-state index is 0.00634. The van der Waals surface area contributed by atoms with Gasteiger partial charge in [-0.25, -0.2) is 4.99 Å². The predicted molar refractivity (Wildman–Crippen MR) is 119 cm³/mol. The molecule has 6 nitrogen and oxygen atoms in total. The Balaban J connectivity index is 1.72. The molecule has 2 heterocycles. The summed E-state index contributed by atoms with van der Waals surface area (Å²) in [6.45, 7) is 0.354. The Labute approximate surface area is 178 Å². The summed E-state index contributed by atoms with van der Waals surface area (Å²) in [6, 6.07) is 18.4. The highest BCUT2D eigenvalue weighted by atomic mass is 32.2. The molecule has 0 atom stereocenters. The number of aliphatic imine (C=N–C) groups is 1. The van der Waals surface area contributed by atoms with Crippen molar-refractivity contribution in [2.75, 3.05) is 7.11 Å². The van der Waals surface area contributed by atoms with Crippen LogP contribution in [0.5, 0.6) is 11.5 Å². The van der Waals surface area contributed by atoms with Crippen LogP contribution in [-0.4, -0.2) is 33.2 Å². The molecule has 1 fully saturated rings. The number of ether oxygens (including phenoxy) is 1. The first kappa shape index (κ1) is 19.7. The highest BCUT2D eigenvalue weighted by Crippen LogP contribution is 2.38. The Bertz CT molecular complexity index is 1120. The van der Waals surface area contributed by atoms with E-state index in [0.717, 1.165) is 11.3 Å². The fraction of sp³-hybridized carbons (Fsp3) is 0.0870. The van der Waals surface area contributed by atoms with Crippen LogP contribution in [0, 0.1) is 0 Å². The van der Waals surface area contributed by atoms with Gasteiger partial charge in [0.05, 0.1) is 24.2 Å². The summed E-state index contributed by atoms with van der Waals surface area (Å²) in [5.41, 5.74) is 2.17. The number of hydrogen-bond acceptors (Lipinski definition) is 6. The zero-order chi connectivity index (χ0) is 20.9. The highest BCUT2D eigenvalue weighted by Gasteiger charge is 2.33. The van der Waals surface area contributed by atoms with E-state index in [1.54, 1.807) is 41.6 Å². The number of thioether (sulfide) groups is 1. The third kappa shape index (κ3) is 4.21. The molecule has 30 heavy (non-hydrogen) atoms. The average Bonchev–Trinajstić information content (AvgIpc) is 3.05. The lowest BCUT2D eigenvalue weighted by molar-refractivity contribution is -0.122. The van der Waals surface area contributed by atoms with Gasteiger partial charge in [-0.1, -0.05) is 36.4 Å². The zero-order valence-electron chi connectivity index (χ0n) is 16.2. The lowest BCUT2D eigenvalue weighted by Gasteiger charge is -2.15. The number of aromatic hydroxyl groups is 1. The lowest BCUT2D eigenvalue weighted by Crippen LogP contribution is -2.28. The Morgan fingerprint density at radius 2 is 1.97 bits per heavy atom. The van der Waals surface area contributed by atoms with Gasteiger partial charge in [-0.2, -0.15) is 0 Å². The average molecular weight is 417 g/mol. The van der Waals surface area contributed by atoms with Crippen molar-refractivity contribution in [1.29, 1.82) is 0 Å². The molecule has 0 aliphatic carbocycles. The van der Waals surface area contributed by atoms with Crippen LogP contribution in [0.3, 0.4) is 0 Å². The van der Waals surface area contributed by atoms with Crippen molar-refractivity contribution in [3.8, 4) is 11.5 Å². The minimum atomic E-state index is -0.180. The first-order valence-electron chi connectivity index (χ1n) is 9.26. The van der Waals surface area contributed by atoms with Crippen LogP contribution in [0.4, 0.5) is 5.69 Å². The first-order chi connectivity index (χ1) is 14.7. The number of methoxy groups -OCH3 is 1. The standard InChI is InChI=1S/C23H19N3O3S/c1-29-19-11-5-8-17(21(19)27)13-20-22(28)26(15-16-7-6-12-24-14-16)23(30-20)25-18-9-3-2-4-10-18/h2-14,27H,15H2,1H3. The molecule has 1 saturated heterocycles. The van der Waals surface area contributed by atoms with E-state index in [4.69, 9.17) is 4.74 Å². The molecule has 0 radical (unpaired) electrons. The monoisotopic (exact) mass is 417 g/mol. The van der Waals surface area contributed by atoms with Gasteiger partial charge in [0.25, 0.3) is 5.91 Å². The largest absolute Gasteiger partial charge is 0.504 e. The van der Waals surface area contributed by atoms with Crippen LogP contribution in [0.15, 0.2) is 83.0 Å². The Hall–Kier alpha value is -3.58. The molecule has 1 amide bonds. The van der Waals surface area contributed by atoms with Crippen LogP contribution in [0.25, 0.3) is 6.08 Å². The fourth-order valence-electron chi connectivity index (χ4n) is 2.98. The fourth-order valence-corrected chi connectivity index (χ4v) is 3.97. The van der Waals surface area contributed by atoms with E-state index >= 15 is 0 Å². The molecule has 1 N–H and O–H groups in total. The maximum absolute atomic E-state index is 13.2. The van der Waals surface area contributed by atoms with E-state index in [9.17, 15) is 9.90 Å². The van der Waals surface area contributed by atoms with E-state index in [-0.39, 0.29) is 11.7 Å². The number of nitrogens with zero attached hydrogens (tertiary/aromatic N) is 3. The molecule has 0 bridgehead atoms. The molecule has 1 aliphatic heterocycles. The van der Waals surface area contributed by atoms with Crippen LogP contribution in [0.2, 0.25) is 0 Å². The van der Waals surface area contributed by atoms with Gasteiger partial charge in [-0.05, 0) is 47.7 Å². The third-order valence-electron chi connectivity index (χ3n) is 4.47. The van der Waals surface area contributed by atoms with E-state index in [0.29, 0.717) is 27.9 Å². The summed E-state index contributed by atoms with van der Waals surface area (Å²) in [4.78, 5) is 24.1. The molecule has 0 saturated carbocycles. The maximum atomic E-state index is 13.2. The third-order valence-corrected chi connectivity index (χ3v) is 5.48. The molecule has 4 rings (SSSR count). The van der Waals surface area contributed by atoms with Gasteiger partial charge in [-0.3, -0.25) is 14.7 Å². The Kier molecular flexibility index (Phi) is 5.81. The number of carbonyl (C=O) groups excluding carboxylic acids is 1. The Morgan fingerprint density at radius 3 is 2.70 bits per heavy atom. The Morgan fingerprint density at radius 1 is 1.13 bits per heavy atom. The van der Waals surface area contributed by atoms with Gasteiger partial charge in [0.2, 0.25) is 0 Å². The number of para-hydroxylation sites is 2. The molecule has 0 unspecified atom stereocenters. The summed E-state index contributed by atoms with van der Waals surface area (Å²) in [5, 5.41) is 11.0. The molecule has 1 aromatic heterocycles. The summed E-state index contributed by atoms with van der Waals surface area (Å²) < 4.78 is 5.17. The van der Waals surface area contributed by atoms with Crippen LogP contribution >= 0.6 is 11.8 Å². The minimum Gasteiger partial charge on any atom is -0.504 e. The topological polar surface area (TPSA) is 75.0 Å². The normalized spacial score (nSPS) is 16.4. The number of aromatic nitrogens is 1. The van der Waals surface area contributed by atoms with Crippen molar-refractivity contribution in [3.63, 3.8) is 0 Å². The van der Waals surface area contributed by atoms with Crippen LogP contribution < -0.4 is 4.74 Å². The van der Waals surface area contributed by atoms with Gasteiger partial charge >= 0.3 is 0 Å². The molecule has 3 aromatic rings. The van der Waals surface area contributed by atoms with Crippen molar-refractivity contribution >= 4 is 34.6 Å². The quantitative estimate of drug-likeness (QED) is 0.614. The number of benzene rings is 2. The number of amides is 1. The van der Waals surface area contributed by atoms with E-state index in [1.165, 1.54) is 18.9 Å². The highest BCUT2D eigenvalue weighted by molar-refractivity contribution is 8.18. The number of pyridine rings is 1. The van der Waals surface area contributed by atoms with Gasteiger partial charge in [-0.15, -0.1) is 0 Å². The van der Waals surface area contributed by atoms with Gasteiger partial charge in [0, 0.05) is 18.0 Å². The van der Waals surface area contributed by atoms with Crippen molar-refractivity contribution in [3.05, 3.63) is 89.1 Å². The van der Waals surface area contributed by atoms with Gasteiger partial charge < -0.3 is 9.84 Å². The van der Waals surface area contributed by atoms with Crippen molar-refractivity contribution in [2.24, 2.45) is 4.99 Å². The van der Waals surface area contributed by atoms with Crippen molar-refractivity contribution < 1.29 is 14.6 Å². The zero-order valence-corrected chi connectivity index (χ0v) is 17.0. The number of carbonyl (C=O) groups is 1. The first-order valence-corrected chi connectivity index (χ1v) is 10.1. The van der Waals surface area contributed by atoms with Crippen LogP contribution in [-0.2, 0) is 11.3 Å². The summed E-state index contributed by atoms with van der Waals surface area (Å²) in [5.74, 6) is 0.166. The summed E-state index contributed by atoms with van der Waals surface area (Å²) in [6.07, 6.45) is 5.09. The number of phenols is 1. The molecule has 7 heteroatoms. The smallest absolute Gasteiger partial charge is 0.267 e. The number of rotatable bonds is 5. The summed E-state index contributed by atoms with van der Waals surface area (Å²) >= 11 is 1.27. The molecular formula is C23H19N3O3S. The second-order valence-electron chi connectivity index (χ2n) is 6.49. The SMILES string of the molecule is COc1cccc(C=C2SC(=Nc3ccccc3)N(Cc3cccnc3)C2=O)c1O. The second-order valence-corrected chi connectivity index (χ2v) is 7.50. The molecule has 2 aromatic carbocycles.